The maximum Gasteiger partial charge on any atom is 0.243 e. The minimum absolute atomic E-state index is 0.147. The number of nitrogens with one attached hydrogen (secondary N) is 1. The van der Waals surface area contributed by atoms with Crippen molar-refractivity contribution in [3.63, 3.8) is 0 Å². The first-order valence-electron chi connectivity index (χ1n) is 10.9. The fourth-order valence-corrected chi connectivity index (χ4v) is 6.07. The molecule has 0 radical (unpaired) electrons. The van der Waals surface area contributed by atoms with Gasteiger partial charge in [-0.2, -0.15) is 4.31 Å². The smallest absolute Gasteiger partial charge is 0.243 e. The van der Waals surface area contributed by atoms with Gasteiger partial charge in [0.25, 0.3) is 0 Å². The highest BCUT2D eigenvalue weighted by Crippen LogP contribution is 2.42. The SMILES string of the molecule is CC1CCCN(S(=O)(=O)c2ccc3c(c2)C(C)(C)C(=O)N3CC(=O)NCc2ccco2)C1. The van der Waals surface area contributed by atoms with Crippen molar-refractivity contribution in [2.24, 2.45) is 5.92 Å². The van der Waals surface area contributed by atoms with Crippen LogP contribution in [0.3, 0.4) is 0 Å². The summed E-state index contributed by atoms with van der Waals surface area (Å²) >= 11 is 0. The molecule has 4 rings (SSSR count). The summed E-state index contributed by atoms with van der Waals surface area (Å²) in [5.41, 5.74) is 0.253. The Hall–Kier alpha value is -2.65. The summed E-state index contributed by atoms with van der Waals surface area (Å²) in [6, 6.07) is 8.27. The van der Waals surface area contributed by atoms with E-state index in [1.165, 1.54) is 21.5 Å². The molecule has 0 saturated carbocycles. The highest BCUT2D eigenvalue weighted by molar-refractivity contribution is 7.89. The van der Waals surface area contributed by atoms with Gasteiger partial charge in [0, 0.05) is 18.8 Å². The molecule has 172 valence electrons. The molecule has 2 aliphatic heterocycles. The summed E-state index contributed by atoms with van der Waals surface area (Å²) in [6.45, 7) is 6.67. The van der Waals surface area contributed by atoms with Crippen molar-refractivity contribution < 1.29 is 22.4 Å². The van der Waals surface area contributed by atoms with Crippen LogP contribution in [0.4, 0.5) is 5.69 Å². The largest absolute Gasteiger partial charge is 0.467 e. The Kier molecular flexibility index (Phi) is 5.89. The molecule has 32 heavy (non-hydrogen) atoms. The zero-order valence-corrected chi connectivity index (χ0v) is 19.4. The summed E-state index contributed by atoms with van der Waals surface area (Å²) in [5.74, 6) is 0.383. The number of rotatable bonds is 6. The van der Waals surface area contributed by atoms with Crippen LogP contribution in [-0.2, 0) is 31.6 Å². The normalized spacial score (nSPS) is 20.9. The van der Waals surface area contributed by atoms with E-state index < -0.39 is 15.4 Å². The molecule has 1 aromatic heterocycles. The zero-order chi connectivity index (χ0) is 23.1. The van der Waals surface area contributed by atoms with Gasteiger partial charge in [-0.15, -0.1) is 0 Å². The number of sulfonamides is 1. The monoisotopic (exact) mass is 459 g/mol. The van der Waals surface area contributed by atoms with Crippen molar-refractivity contribution in [3.8, 4) is 0 Å². The van der Waals surface area contributed by atoms with Crippen LogP contribution in [-0.4, -0.2) is 44.2 Å². The first-order chi connectivity index (χ1) is 15.1. The Morgan fingerprint density at radius 1 is 1.28 bits per heavy atom. The van der Waals surface area contributed by atoms with Crippen molar-refractivity contribution >= 4 is 27.5 Å². The number of benzene rings is 1. The fourth-order valence-electron chi connectivity index (χ4n) is 4.44. The number of carbonyl (C=O) groups is 2. The van der Waals surface area contributed by atoms with Crippen LogP contribution in [0.25, 0.3) is 0 Å². The van der Waals surface area contributed by atoms with E-state index in [2.05, 4.69) is 12.2 Å². The molecule has 2 amide bonds. The molecule has 2 aromatic rings. The zero-order valence-electron chi connectivity index (χ0n) is 18.6. The van der Waals surface area contributed by atoms with Crippen molar-refractivity contribution in [1.82, 2.24) is 9.62 Å². The molecule has 9 heteroatoms. The Morgan fingerprint density at radius 3 is 2.75 bits per heavy atom. The lowest BCUT2D eigenvalue weighted by molar-refractivity contribution is -0.125. The van der Waals surface area contributed by atoms with E-state index in [0.717, 1.165) is 12.8 Å². The van der Waals surface area contributed by atoms with Crippen molar-refractivity contribution in [2.45, 2.75) is 50.5 Å². The lowest BCUT2D eigenvalue weighted by atomic mass is 9.86. The third kappa shape index (κ3) is 4.06. The maximum absolute atomic E-state index is 13.2. The molecule has 1 atom stereocenters. The number of fused-ring (bicyclic) bond motifs is 1. The number of piperidine rings is 1. The second-order valence-corrected chi connectivity index (χ2v) is 11.1. The minimum atomic E-state index is -3.64. The average molecular weight is 460 g/mol. The Labute approximate surface area is 188 Å². The molecular formula is C23H29N3O5S. The van der Waals surface area contributed by atoms with Gasteiger partial charge in [0.05, 0.1) is 23.1 Å². The number of anilines is 1. The van der Waals surface area contributed by atoms with E-state index >= 15 is 0 Å². The predicted molar refractivity (Wildman–Crippen MR) is 120 cm³/mol. The standard InChI is InChI=1S/C23H29N3O5S/c1-16-6-4-10-25(14-16)32(29,30)18-8-9-20-19(12-18)23(2,3)22(28)26(20)15-21(27)24-13-17-7-5-11-31-17/h5,7-9,11-12,16H,4,6,10,13-15H2,1-3H3,(H,24,27). The predicted octanol–water partition coefficient (Wildman–Crippen LogP) is 2.64. The van der Waals surface area contributed by atoms with E-state index in [-0.39, 0.29) is 29.8 Å². The van der Waals surface area contributed by atoms with Crippen LogP contribution in [0, 0.1) is 5.92 Å². The van der Waals surface area contributed by atoms with Gasteiger partial charge < -0.3 is 14.6 Å². The van der Waals surface area contributed by atoms with Crippen molar-refractivity contribution in [3.05, 3.63) is 47.9 Å². The average Bonchev–Trinajstić information content (AvgIpc) is 3.34. The van der Waals surface area contributed by atoms with Crippen LogP contribution in [0.15, 0.2) is 45.9 Å². The van der Waals surface area contributed by atoms with E-state index in [9.17, 15) is 18.0 Å². The summed E-state index contributed by atoms with van der Waals surface area (Å²) in [7, 11) is -3.64. The molecule has 0 aliphatic carbocycles. The van der Waals surface area contributed by atoms with Gasteiger partial charge in [0.1, 0.15) is 12.3 Å². The van der Waals surface area contributed by atoms with Crippen LogP contribution in [0.5, 0.6) is 0 Å². The van der Waals surface area contributed by atoms with E-state index in [1.807, 2.05) is 0 Å². The number of carbonyl (C=O) groups excluding carboxylic acids is 2. The molecule has 0 bridgehead atoms. The quantitative estimate of drug-likeness (QED) is 0.716. The lowest BCUT2D eigenvalue weighted by Gasteiger charge is -2.30. The van der Waals surface area contributed by atoms with Gasteiger partial charge >= 0.3 is 0 Å². The highest BCUT2D eigenvalue weighted by atomic mass is 32.2. The minimum Gasteiger partial charge on any atom is -0.467 e. The molecule has 1 fully saturated rings. The molecule has 1 saturated heterocycles. The van der Waals surface area contributed by atoms with E-state index in [4.69, 9.17) is 4.42 Å². The summed E-state index contributed by atoms with van der Waals surface area (Å²) in [4.78, 5) is 27.2. The van der Waals surface area contributed by atoms with Crippen molar-refractivity contribution in [2.75, 3.05) is 24.5 Å². The third-order valence-corrected chi connectivity index (χ3v) is 8.17. The van der Waals surface area contributed by atoms with Gasteiger partial charge in [-0.25, -0.2) is 8.42 Å². The van der Waals surface area contributed by atoms with Crippen LogP contribution in [0.2, 0.25) is 0 Å². The number of hydrogen-bond acceptors (Lipinski definition) is 5. The molecule has 0 spiro atoms. The molecule has 8 nitrogen and oxygen atoms in total. The van der Waals surface area contributed by atoms with Gasteiger partial charge in [-0.05, 0) is 68.5 Å². The first-order valence-corrected chi connectivity index (χ1v) is 12.3. The number of furan rings is 1. The van der Waals surface area contributed by atoms with E-state index in [0.29, 0.717) is 36.0 Å². The van der Waals surface area contributed by atoms with Crippen LogP contribution in [0.1, 0.15) is 44.9 Å². The molecule has 3 heterocycles. The van der Waals surface area contributed by atoms with Gasteiger partial charge in [-0.3, -0.25) is 9.59 Å². The second-order valence-electron chi connectivity index (χ2n) is 9.16. The Bertz CT molecular complexity index is 1120. The first kappa shape index (κ1) is 22.5. The summed E-state index contributed by atoms with van der Waals surface area (Å²) in [5, 5.41) is 2.74. The van der Waals surface area contributed by atoms with Gasteiger partial charge in [0.2, 0.25) is 21.8 Å². The van der Waals surface area contributed by atoms with Crippen LogP contribution < -0.4 is 10.2 Å². The second kappa shape index (κ2) is 8.37. The fraction of sp³-hybridized carbons (Fsp3) is 0.478. The molecule has 1 aromatic carbocycles. The highest BCUT2D eigenvalue weighted by Gasteiger charge is 2.45. The van der Waals surface area contributed by atoms with E-state index in [1.54, 1.807) is 38.1 Å². The molecule has 2 aliphatic rings. The Morgan fingerprint density at radius 2 is 2.06 bits per heavy atom. The summed E-state index contributed by atoms with van der Waals surface area (Å²) in [6.07, 6.45) is 3.39. The summed E-state index contributed by atoms with van der Waals surface area (Å²) < 4.78 is 33.2. The van der Waals surface area contributed by atoms with Gasteiger partial charge in [-0.1, -0.05) is 6.92 Å². The van der Waals surface area contributed by atoms with Crippen LogP contribution >= 0.6 is 0 Å². The Balaban J connectivity index is 1.57. The maximum atomic E-state index is 13.2. The van der Waals surface area contributed by atoms with Crippen molar-refractivity contribution in [1.29, 1.82) is 0 Å². The molecule has 1 N–H and O–H groups in total. The number of hydrogen-bond donors (Lipinski definition) is 1. The molecular weight excluding hydrogens is 430 g/mol. The topological polar surface area (TPSA) is 99.9 Å². The lowest BCUT2D eigenvalue weighted by Crippen LogP contribution is -2.42. The number of amides is 2. The molecule has 1 unspecified atom stereocenters. The number of nitrogens with zero attached hydrogens (tertiary/aromatic N) is 2. The van der Waals surface area contributed by atoms with Gasteiger partial charge in [0.15, 0.2) is 0 Å². The third-order valence-electron chi connectivity index (χ3n) is 6.31.